The minimum atomic E-state index is -0.203. The van der Waals surface area contributed by atoms with Gasteiger partial charge in [-0.3, -0.25) is 4.90 Å². The van der Waals surface area contributed by atoms with Crippen LogP contribution in [0.2, 0.25) is 0 Å². The fourth-order valence-electron chi connectivity index (χ4n) is 2.73. The molecule has 1 N–H and O–H groups in total. The number of methoxy groups -OCH3 is 2. The molecule has 8 heteroatoms. The van der Waals surface area contributed by atoms with Crippen LogP contribution in [0.1, 0.15) is 12.8 Å². The molecule has 1 fully saturated rings. The van der Waals surface area contributed by atoms with E-state index in [0.717, 1.165) is 31.5 Å². The molecule has 24 heavy (non-hydrogen) atoms. The largest absolute Gasteiger partial charge is 0.497 e. The van der Waals surface area contributed by atoms with E-state index in [-0.39, 0.29) is 6.10 Å². The predicted octanol–water partition coefficient (Wildman–Crippen LogP) is 2.30. The third-order valence-corrected chi connectivity index (χ3v) is 4.43. The van der Waals surface area contributed by atoms with Gasteiger partial charge in [-0.1, -0.05) is 0 Å². The lowest BCUT2D eigenvalue weighted by Crippen LogP contribution is -2.37. The summed E-state index contributed by atoms with van der Waals surface area (Å²) in [5.41, 5.74) is 0.720. The molecule has 0 atom stereocenters. The summed E-state index contributed by atoms with van der Waals surface area (Å²) in [6, 6.07) is 5.43. The number of hydrogen-bond donors (Lipinski definition) is 1. The lowest BCUT2D eigenvalue weighted by atomic mass is 10.1. The second-order valence-corrected chi connectivity index (χ2v) is 6.08. The zero-order valence-corrected chi connectivity index (χ0v) is 14.6. The van der Waals surface area contributed by atoms with Gasteiger partial charge in [-0.2, -0.15) is 0 Å². The maximum Gasteiger partial charge on any atom is 0.288 e. The van der Waals surface area contributed by atoms with E-state index >= 15 is 0 Å². The molecule has 0 saturated carbocycles. The van der Waals surface area contributed by atoms with Crippen LogP contribution in [0.3, 0.4) is 0 Å². The molecule has 2 heterocycles. The molecular formula is C16H21N3O4S. The summed E-state index contributed by atoms with van der Waals surface area (Å²) < 4.78 is 17.9. The van der Waals surface area contributed by atoms with Crippen LogP contribution in [0.4, 0.5) is 0 Å². The van der Waals surface area contributed by atoms with Crippen molar-refractivity contribution < 1.29 is 19.0 Å². The van der Waals surface area contributed by atoms with Crippen molar-refractivity contribution in [3.05, 3.63) is 23.0 Å². The van der Waals surface area contributed by atoms with Crippen molar-refractivity contribution in [3.63, 3.8) is 0 Å². The van der Waals surface area contributed by atoms with E-state index in [2.05, 4.69) is 10.00 Å². The summed E-state index contributed by atoms with van der Waals surface area (Å²) in [6.45, 7) is 2.18. The average Bonchev–Trinajstić information content (AvgIpc) is 2.96. The van der Waals surface area contributed by atoms with Gasteiger partial charge in [0.1, 0.15) is 11.5 Å². The van der Waals surface area contributed by atoms with Crippen molar-refractivity contribution in [1.82, 2.24) is 14.7 Å². The van der Waals surface area contributed by atoms with Gasteiger partial charge in [0.15, 0.2) is 0 Å². The Morgan fingerprint density at radius 1 is 1.29 bits per heavy atom. The summed E-state index contributed by atoms with van der Waals surface area (Å²) in [6.07, 6.45) is 1.33. The summed E-state index contributed by atoms with van der Waals surface area (Å²) >= 11 is 5.28. The first-order valence-electron chi connectivity index (χ1n) is 7.81. The van der Waals surface area contributed by atoms with Gasteiger partial charge in [0, 0.05) is 19.2 Å². The van der Waals surface area contributed by atoms with Gasteiger partial charge in [-0.15, -0.1) is 5.10 Å². The Kier molecular flexibility index (Phi) is 5.17. The van der Waals surface area contributed by atoms with Crippen molar-refractivity contribution in [2.75, 3.05) is 27.3 Å². The van der Waals surface area contributed by atoms with Crippen LogP contribution >= 0.6 is 12.2 Å². The number of piperidine rings is 1. The Bertz CT molecular complexity index is 750. The molecule has 1 saturated heterocycles. The molecule has 1 aromatic carbocycles. The molecule has 1 aromatic heterocycles. The van der Waals surface area contributed by atoms with E-state index in [1.807, 2.05) is 12.1 Å². The zero-order chi connectivity index (χ0) is 17.1. The lowest BCUT2D eigenvalue weighted by molar-refractivity contribution is 0.0647. The number of ether oxygens (including phenoxy) is 2. The summed E-state index contributed by atoms with van der Waals surface area (Å²) in [7, 11) is 3.19. The van der Waals surface area contributed by atoms with Crippen LogP contribution in [0.5, 0.6) is 11.5 Å². The van der Waals surface area contributed by atoms with Gasteiger partial charge in [0.05, 0.1) is 32.6 Å². The van der Waals surface area contributed by atoms with Gasteiger partial charge in [0.25, 0.3) is 10.7 Å². The number of rotatable bonds is 5. The zero-order valence-electron chi connectivity index (χ0n) is 13.8. The Hall–Kier alpha value is -1.90. The monoisotopic (exact) mass is 351 g/mol. The minimum absolute atomic E-state index is 0.203. The second-order valence-electron chi connectivity index (χ2n) is 5.73. The molecule has 0 spiro atoms. The number of benzene rings is 1. The number of aromatic nitrogens is 2. The fraction of sp³-hybridized carbons (Fsp3) is 0.500. The first-order valence-corrected chi connectivity index (χ1v) is 8.22. The summed E-state index contributed by atoms with van der Waals surface area (Å²) in [4.78, 5) is 2.51. The Morgan fingerprint density at radius 2 is 2.04 bits per heavy atom. The molecule has 130 valence electrons. The van der Waals surface area contributed by atoms with Crippen molar-refractivity contribution in [2.45, 2.75) is 25.6 Å². The van der Waals surface area contributed by atoms with Gasteiger partial charge in [0.2, 0.25) is 0 Å². The van der Waals surface area contributed by atoms with Crippen LogP contribution in [-0.4, -0.2) is 53.2 Å². The van der Waals surface area contributed by atoms with E-state index in [0.29, 0.717) is 28.9 Å². The number of aliphatic hydroxyl groups is 1. The number of nitrogens with zero attached hydrogens (tertiary/aromatic N) is 3. The van der Waals surface area contributed by atoms with Crippen LogP contribution in [-0.2, 0) is 6.67 Å². The normalized spacial score (nSPS) is 16.3. The molecule has 2 aromatic rings. The Morgan fingerprint density at radius 3 is 2.71 bits per heavy atom. The second kappa shape index (κ2) is 7.33. The van der Waals surface area contributed by atoms with E-state index in [9.17, 15) is 5.11 Å². The van der Waals surface area contributed by atoms with E-state index in [4.69, 9.17) is 26.1 Å². The van der Waals surface area contributed by atoms with Crippen molar-refractivity contribution >= 4 is 12.2 Å². The van der Waals surface area contributed by atoms with Gasteiger partial charge in [-0.25, -0.2) is 4.68 Å². The van der Waals surface area contributed by atoms with Gasteiger partial charge in [-0.05, 0) is 37.2 Å². The first-order chi connectivity index (χ1) is 11.6. The lowest BCUT2D eigenvalue weighted by Gasteiger charge is -2.28. The Labute approximate surface area is 145 Å². The predicted molar refractivity (Wildman–Crippen MR) is 90.7 cm³/mol. The van der Waals surface area contributed by atoms with Gasteiger partial charge < -0.3 is 19.0 Å². The number of aliphatic hydroxyl groups excluding tert-OH is 1. The quantitative estimate of drug-likeness (QED) is 0.829. The molecule has 0 bridgehead atoms. The molecule has 0 amide bonds. The average molecular weight is 351 g/mol. The molecule has 0 aliphatic carbocycles. The molecule has 0 unspecified atom stereocenters. The summed E-state index contributed by atoms with van der Waals surface area (Å²) in [5.74, 6) is 1.72. The molecule has 3 rings (SSSR count). The van der Waals surface area contributed by atoms with Crippen molar-refractivity contribution in [2.24, 2.45) is 0 Å². The smallest absolute Gasteiger partial charge is 0.288 e. The summed E-state index contributed by atoms with van der Waals surface area (Å²) in [5, 5.41) is 14.1. The highest BCUT2D eigenvalue weighted by Crippen LogP contribution is 2.32. The molecule has 7 nitrogen and oxygen atoms in total. The van der Waals surface area contributed by atoms with E-state index in [1.165, 1.54) is 0 Å². The fourth-order valence-corrected chi connectivity index (χ4v) is 2.91. The van der Waals surface area contributed by atoms with Crippen molar-refractivity contribution in [1.29, 1.82) is 0 Å². The van der Waals surface area contributed by atoms with Crippen LogP contribution < -0.4 is 9.47 Å². The standard InChI is InChI=1S/C16H21N3O4S/c1-21-12-3-4-13(14(9-12)22-2)15-17-19(16(24)23-15)10-18-7-5-11(20)6-8-18/h3-4,9,11,20H,5-8,10H2,1-2H3. The third kappa shape index (κ3) is 3.61. The topological polar surface area (TPSA) is 72.9 Å². The van der Waals surface area contributed by atoms with E-state index in [1.54, 1.807) is 25.0 Å². The van der Waals surface area contributed by atoms with Crippen LogP contribution in [0.15, 0.2) is 22.6 Å². The highest BCUT2D eigenvalue weighted by atomic mass is 32.1. The highest BCUT2D eigenvalue weighted by Gasteiger charge is 2.19. The first kappa shape index (κ1) is 16.9. The molecule has 1 aliphatic rings. The maximum atomic E-state index is 9.59. The van der Waals surface area contributed by atoms with Crippen molar-refractivity contribution in [3.8, 4) is 23.0 Å². The molecule has 1 aliphatic heterocycles. The Balaban J connectivity index is 1.82. The van der Waals surface area contributed by atoms with Gasteiger partial charge >= 0.3 is 0 Å². The van der Waals surface area contributed by atoms with E-state index < -0.39 is 0 Å². The third-order valence-electron chi connectivity index (χ3n) is 4.14. The SMILES string of the molecule is COc1ccc(-c2nn(CN3CCC(O)CC3)c(=S)o2)c(OC)c1. The molecule has 0 radical (unpaired) electrons. The van der Waals surface area contributed by atoms with Crippen LogP contribution in [0.25, 0.3) is 11.5 Å². The van der Waals surface area contributed by atoms with Crippen LogP contribution in [0, 0.1) is 4.84 Å². The number of hydrogen-bond acceptors (Lipinski definition) is 7. The molecular weight excluding hydrogens is 330 g/mol. The number of likely N-dealkylation sites (tertiary alicyclic amines) is 1. The maximum absolute atomic E-state index is 9.59. The highest BCUT2D eigenvalue weighted by molar-refractivity contribution is 7.71. The minimum Gasteiger partial charge on any atom is -0.497 e.